The molecule has 8 nitrogen and oxygen atoms in total. The minimum absolute atomic E-state index is 0.00199. The van der Waals surface area contributed by atoms with Gasteiger partial charge in [0.2, 0.25) is 15.9 Å². The molecule has 0 unspecified atom stereocenters. The van der Waals surface area contributed by atoms with Crippen molar-refractivity contribution in [2.45, 2.75) is 12.6 Å². The smallest absolute Gasteiger partial charge is 0.372 e. The summed E-state index contributed by atoms with van der Waals surface area (Å²) >= 11 is 0. The Kier molecular flexibility index (Phi) is 8.49. The van der Waals surface area contributed by atoms with Gasteiger partial charge >= 0.3 is 6.18 Å². The number of carbonyl (C=O) groups is 1. The van der Waals surface area contributed by atoms with Crippen molar-refractivity contribution in [3.05, 3.63) is 0 Å². The van der Waals surface area contributed by atoms with E-state index in [1.165, 1.54) is 10.6 Å². The Morgan fingerprint density at radius 1 is 0.964 bits per heavy atom. The van der Waals surface area contributed by atoms with Crippen LogP contribution in [-0.4, -0.2) is 124 Å². The van der Waals surface area contributed by atoms with Crippen molar-refractivity contribution in [1.29, 1.82) is 0 Å². The number of piperazine rings is 2. The lowest BCUT2D eigenvalue weighted by molar-refractivity contribution is -0.174. The third-order valence-electron chi connectivity index (χ3n) is 4.91. The lowest BCUT2D eigenvalue weighted by atomic mass is 10.2. The minimum Gasteiger partial charge on any atom is -0.372 e. The van der Waals surface area contributed by atoms with Crippen molar-refractivity contribution < 1.29 is 31.1 Å². The molecule has 28 heavy (non-hydrogen) atoms. The van der Waals surface area contributed by atoms with Crippen LogP contribution < -0.4 is 0 Å². The number of sulfonamides is 1. The zero-order valence-electron chi connectivity index (χ0n) is 16.2. The van der Waals surface area contributed by atoms with Crippen LogP contribution in [0.4, 0.5) is 13.2 Å². The molecule has 2 fully saturated rings. The maximum atomic E-state index is 12.4. The predicted octanol–water partition coefficient (Wildman–Crippen LogP) is -0.323. The molecule has 0 aromatic carbocycles. The van der Waals surface area contributed by atoms with Gasteiger partial charge in [0, 0.05) is 65.5 Å². The summed E-state index contributed by atoms with van der Waals surface area (Å²) in [6.07, 6.45) is -2.57. The second-order valence-electron chi connectivity index (χ2n) is 7.18. The average Bonchev–Trinajstić information content (AvgIpc) is 2.61. The van der Waals surface area contributed by atoms with Gasteiger partial charge in [-0.15, -0.1) is 0 Å². The summed E-state index contributed by atoms with van der Waals surface area (Å²) in [6, 6.07) is 0. The van der Waals surface area contributed by atoms with Gasteiger partial charge in [-0.3, -0.25) is 9.69 Å². The fraction of sp³-hybridized carbons (Fsp3) is 0.938. The lowest BCUT2D eigenvalue weighted by Crippen LogP contribution is -2.54. The first kappa shape index (κ1) is 23.3. The molecule has 2 saturated heterocycles. The molecule has 164 valence electrons. The summed E-state index contributed by atoms with van der Waals surface area (Å²) < 4.78 is 65.0. The number of alkyl halides is 3. The highest BCUT2D eigenvalue weighted by Crippen LogP contribution is 2.14. The second-order valence-corrected chi connectivity index (χ2v) is 9.16. The number of carbonyl (C=O) groups excluding carboxylic acids is 1. The van der Waals surface area contributed by atoms with E-state index in [2.05, 4.69) is 14.5 Å². The van der Waals surface area contributed by atoms with Crippen molar-refractivity contribution in [2.24, 2.45) is 0 Å². The van der Waals surface area contributed by atoms with Crippen LogP contribution in [0.5, 0.6) is 0 Å². The van der Waals surface area contributed by atoms with Gasteiger partial charge in [0.25, 0.3) is 0 Å². The summed E-state index contributed by atoms with van der Waals surface area (Å²) in [4.78, 5) is 18.3. The fourth-order valence-corrected chi connectivity index (χ4v) is 4.14. The molecule has 0 aromatic rings. The van der Waals surface area contributed by atoms with E-state index in [0.717, 1.165) is 26.2 Å². The monoisotopic (exact) mass is 430 g/mol. The van der Waals surface area contributed by atoms with E-state index >= 15 is 0 Å². The minimum atomic E-state index is -4.28. The number of hydrogen-bond acceptors (Lipinski definition) is 6. The topological polar surface area (TPSA) is 73.4 Å². The van der Waals surface area contributed by atoms with Crippen LogP contribution in [0.1, 0.15) is 6.42 Å². The van der Waals surface area contributed by atoms with E-state index in [1.807, 2.05) is 0 Å². The molecule has 0 atom stereocenters. The highest BCUT2D eigenvalue weighted by Gasteiger charge is 2.28. The third-order valence-corrected chi connectivity index (χ3v) is 6.22. The second kappa shape index (κ2) is 10.2. The van der Waals surface area contributed by atoms with Gasteiger partial charge in [0.05, 0.1) is 12.8 Å². The zero-order chi connectivity index (χ0) is 20.8. The zero-order valence-corrected chi connectivity index (χ0v) is 17.0. The molecule has 0 aromatic heterocycles. The Morgan fingerprint density at radius 3 is 2.07 bits per heavy atom. The number of halogens is 3. The standard InChI is InChI=1S/C16H29F3N4O4S/c1-28(25,26)23-10-8-22(9-11-23)15(24)13-21-6-4-20(5-7-21)3-2-12-27-14-16(17,18)19/h2-14H2,1H3. The van der Waals surface area contributed by atoms with Crippen LogP contribution in [0, 0.1) is 0 Å². The van der Waals surface area contributed by atoms with Crippen molar-refractivity contribution >= 4 is 15.9 Å². The average molecular weight is 430 g/mol. The van der Waals surface area contributed by atoms with Crippen molar-refractivity contribution in [1.82, 2.24) is 19.0 Å². The summed E-state index contributed by atoms with van der Waals surface area (Å²) in [6.45, 7) is 4.28. The molecule has 0 aliphatic carbocycles. The number of rotatable bonds is 8. The number of amides is 1. The van der Waals surface area contributed by atoms with Gasteiger partial charge < -0.3 is 14.5 Å². The van der Waals surface area contributed by atoms with Gasteiger partial charge in [-0.1, -0.05) is 0 Å². The molecule has 2 rings (SSSR count). The van der Waals surface area contributed by atoms with Crippen LogP contribution >= 0.6 is 0 Å². The first-order chi connectivity index (χ1) is 13.0. The molecule has 0 spiro atoms. The number of hydrogen-bond donors (Lipinski definition) is 0. The Labute approximate surface area is 164 Å². The van der Waals surface area contributed by atoms with Crippen LogP contribution in [0.2, 0.25) is 0 Å². The fourth-order valence-electron chi connectivity index (χ4n) is 3.31. The third kappa shape index (κ3) is 8.19. The predicted molar refractivity (Wildman–Crippen MR) is 97.4 cm³/mol. The van der Waals surface area contributed by atoms with E-state index in [-0.39, 0.29) is 12.5 Å². The highest BCUT2D eigenvalue weighted by molar-refractivity contribution is 7.88. The largest absolute Gasteiger partial charge is 0.411 e. The van der Waals surface area contributed by atoms with Gasteiger partial charge in [-0.05, 0) is 6.42 Å². The van der Waals surface area contributed by atoms with E-state index in [0.29, 0.717) is 45.7 Å². The normalized spacial score (nSPS) is 21.2. The SMILES string of the molecule is CS(=O)(=O)N1CCN(C(=O)CN2CCN(CCCOCC(F)(F)F)CC2)CC1. The van der Waals surface area contributed by atoms with Gasteiger partial charge in [-0.2, -0.15) is 17.5 Å². The van der Waals surface area contributed by atoms with Gasteiger partial charge in [0.1, 0.15) is 6.61 Å². The molecule has 2 heterocycles. The molecule has 12 heteroatoms. The first-order valence-corrected chi connectivity index (χ1v) is 11.2. The van der Waals surface area contributed by atoms with Crippen LogP contribution in [0.15, 0.2) is 0 Å². The molecule has 0 saturated carbocycles. The van der Waals surface area contributed by atoms with E-state index in [1.54, 1.807) is 4.90 Å². The maximum absolute atomic E-state index is 12.4. The Hall–Kier alpha value is -0.950. The Bertz CT molecular complexity index is 602. The van der Waals surface area contributed by atoms with Gasteiger partial charge in [0.15, 0.2) is 0 Å². The molecule has 0 bridgehead atoms. The van der Waals surface area contributed by atoms with E-state index < -0.39 is 22.8 Å². The molecule has 2 aliphatic heterocycles. The van der Waals surface area contributed by atoms with Crippen LogP contribution in [0.25, 0.3) is 0 Å². The summed E-state index contributed by atoms with van der Waals surface area (Å²) in [5, 5.41) is 0. The molecular formula is C16H29F3N4O4S. The molecule has 0 N–H and O–H groups in total. The summed E-state index contributed by atoms with van der Waals surface area (Å²) in [5.41, 5.74) is 0. The maximum Gasteiger partial charge on any atom is 0.411 e. The quantitative estimate of drug-likeness (QED) is 0.492. The Morgan fingerprint density at radius 2 is 1.54 bits per heavy atom. The van der Waals surface area contributed by atoms with Gasteiger partial charge in [-0.25, -0.2) is 8.42 Å². The Balaban J connectivity index is 1.59. The number of ether oxygens (including phenoxy) is 1. The van der Waals surface area contributed by atoms with Crippen LogP contribution in [0.3, 0.4) is 0 Å². The molecule has 2 aliphatic rings. The van der Waals surface area contributed by atoms with Crippen LogP contribution in [-0.2, 0) is 19.6 Å². The highest BCUT2D eigenvalue weighted by atomic mass is 32.2. The summed E-state index contributed by atoms with van der Waals surface area (Å²) in [7, 11) is -3.21. The molecule has 0 radical (unpaired) electrons. The summed E-state index contributed by atoms with van der Waals surface area (Å²) in [5.74, 6) is 0.00199. The van der Waals surface area contributed by atoms with Crippen molar-refractivity contribution in [3.63, 3.8) is 0 Å². The first-order valence-electron chi connectivity index (χ1n) is 9.37. The molecule has 1 amide bonds. The van der Waals surface area contributed by atoms with E-state index in [9.17, 15) is 26.4 Å². The number of nitrogens with zero attached hydrogens (tertiary/aromatic N) is 4. The van der Waals surface area contributed by atoms with Crippen molar-refractivity contribution in [2.75, 3.05) is 84.9 Å². The lowest BCUT2D eigenvalue weighted by Gasteiger charge is -2.37. The van der Waals surface area contributed by atoms with Crippen molar-refractivity contribution in [3.8, 4) is 0 Å². The molecular weight excluding hydrogens is 401 g/mol. The van der Waals surface area contributed by atoms with E-state index in [4.69, 9.17) is 0 Å².